The number of nitrogens with zero attached hydrogens (tertiary/aromatic N) is 5. The fourth-order valence-corrected chi connectivity index (χ4v) is 6.74. The van der Waals surface area contributed by atoms with Gasteiger partial charge in [0.15, 0.2) is 0 Å². The first-order valence-electron chi connectivity index (χ1n) is 12.6. The van der Waals surface area contributed by atoms with Gasteiger partial charge in [-0.15, -0.1) is 5.10 Å². The summed E-state index contributed by atoms with van der Waals surface area (Å²) in [5, 5.41) is 11.3. The van der Waals surface area contributed by atoms with Crippen molar-refractivity contribution in [2.45, 2.75) is 75.8 Å². The lowest BCUT2D eigenvalue weighted by atomic mass is 9.94. The third-order valence-electron chi connectivity index (χ3n) is 7.29. The summed E-state index contributed by atoms with van der Waals surface area (Å²) >= 11 is 0. The summed E-state index contributed by atoms with van der Waals surface area (Å²) in [5.41, 5.74) is 1.37. The van der Waals surface area contributed by atoms with Gasteiger partial charge in [0.25, 0.3) is 0 Å². The molecule has 9 nitrogen and oxygen atoms in total. The molecule has 1 aliphatic carbocycles. The van der Waals surface area contributed by atoms with E-state index in [2.05, 4.69) is 27.6 Å². The molecule has 0 radical (unpaired) electrons. The molecule has 0 bridgehead atoms. The van der Waals surface area contributed by atoms with Crippen LogP contribution in [0.1, 0.15) is 64.8 Å². The molecular formula is C24H38N6O3S. The Bertz CT molecular complexity index is 1090. The Morgan fingerprint density at radius 3 is 2.68 bits per heavy atom. The zero-order valence-electron chi connectivity index (χ0n) is 20.6. The summed E-state index contributed by atoms with van der Waals surface area (Å²) in [4.78, 5) is 15.4. The van der Waals surface area contributed by atoms with Crippen molar-refractivity contribution in [1.82, 2.24) is 29.5 Å². The molecule has 2 aliphatic rings. The first-order valence-corrected chi connectivity index (χ1v) is 14.0. The summed E-state index contributed by atoms with van der Waals surface area (Å²) in [6, 6.07) is 5.71. The average Bonchev–Trinajstić information content (AvgIpc) is 3.28. The number of rotatable bonds is 8. The Morgan fingerprint density at radius 2 is 1.94 bits per heavy atom. The van der Waals surface area contributed by atoms with Crippen LogP contribution >= 0.6 is 0 Å². The topological polar surface area (TPSA) is 100 Å². The molecule has 10 heteroatoms. The molecule has 34 heavy (non-hydrogen) atoms. The van der Waals surface area contributed by atoms with Crippen LogP contribution in [0.3, 0.4) is 0 Å². The standard InChI is InChI=1S/C24H38N6O3S/c1-18(2)30-23-12-11-21(16-22(23)26-27-30)34(32,33)29-14-7-8-19(17-29)24(31)25-13-15-28(3)20-9-5-4-6-10-20/h11-12,16,18-20H,4-10,13-15,17H2,1-3H3,(H,25,31)/t19-/m0/s1. The number of piperidine rings is 1. The van der Waals surface area contributed by atoms with Gasteiger partial charge >= 0.3 is 0 Å². The molecule has 4 rings (SSSR count). The monoisotopic (exact) mass is 490 g/mol. The number of hydrogen-bond acceptors (Lipinski definition) is 6. The van der Waals surface area contributed by atoms with E-state index in [-0.39, 0.29) is 29.3 Å². The Labute approximate surface area is 202 Å². The molecule has 1 saturated carbocycles. The van der Waals surface area contributed by atoms with E-state index in [0.29, 0.717) is 37.5 Å². The molecule has 1 amide bonds. The van der Waals surface area contributed by atoms with Crippen molar-refractivity contribution in [3.63, 3.8) is 0 Å². The van der Waals surface area contributed by atoms with Gasteiger partial charge in [-0.1, -0.05) is 24.5 Å². The summed E-state index contributed by atoms with van der Waals surface area (Å²) in [5.74, 6) is -0.374. The molecule has 2 fully saturated rings. The van der Waals surface area contributed by atoms with Gasteiger partial charge < -0.3 is 10.2 Å². The van der Waals surface area contributed by atoms with Crippen LogP contribution in [0.25, 0.3) is 11.0 Å². The number of hydrogen-bond donors (Lipinski definition) is 1. The van der Waals surface area contributed by atoms with Crippen LogP contribution < -0.4 is 5.32 Å². The quantitative estimate of drug-likeness (QED) is 0.611. The van der Waals surface area contributed by atoms with Gasteiger partial charge in [-0.2, -0.15) is 4.31 Å². The number of amides is 1. The lowest BCUT2D eigenvalue weighted by molar-refractivity contribution is -0.126. The highest BCUT2D eigenvalue weighted by Gasteiger charge is 2.33. The van der Waals surface area contributed by atoms with Gasteiger partial charge in [-0.3, -0.25) is 4.79 Å². The Morgan fingerprint density at radius 1 is 1.18 bits per heavy atom. The molecule has 1 atom stereocenters. The van der Waals surface area contributed by atoms with Crippen molar-refractivity contribution in [2.24, 2.45) is 5.92 Å². The molecule has 0 spiro atoms. The van der Waals surface area contributed by atoms with Crippen molar-refractivity contribution in [1.29, 1.82) is 0 Å². The molecule has 1 aliphatic heterocycles. The van der Waals surface area contributed by atoms with E-state index in [1.807, 2.05) is 13.8 Å². The maximum absolute atomic E-state index is 13.4. The molecule has 1 N–H and O–H groups in total. The largest absolute Gasteiger partial charge is 0.355 e. The van der Waals surface area contributed by atoms with Crippen LogP contribution in [0.5, 0.6) is 0 Å². The van der Waals surface area contributed by atoms with E-state index < -0.39 is 10.0 Å². The zero-order valence-corrected chi connectivity index (χ0v) is 21.4. The van der Waals surface area contributed by atoms with Crippen LogP contribution in [-0.4, -0.2) is 77.8 Å². The van der Waals surface area contributed by atoms with Crippen molar-refractivity contribution in [3.8, 4) is 0 Å². The number of aromatic nitrogens is 3. The van der Waals surface area contributed by atoms with E-state index in [1.165, 1.54) is 36.4 Å². The molecule has 2 heterocycles. The molecule has 1 aromatic carbocycles. The summed E-state index contributed by atoms with van der Waals surface area (Å²) in [6.45, 7) is 6.06. The Balaban J connectivity index is 1.35. The fraction of sp³-hybridized carbons (Fsp3) is 0.708. The van der Waals surface area contributed by atoms with Gasteiger partial charge in [0, 0.05) is 38.3 Å². The van der Waals surface area contributed by atoms with Gasteiger partial charge in [0.1, 0.15) is 5.52 Å². The molecule has 0 unspecified atom stereocenters. The third-order valence-corrected chi connectivity index (χ3v) is 9.15. The average molecular weight is 491 g/mol. The summed E-state index contributed by atoms with van der Waals surface area (Å²) < 4.78 is 29.9. The van der Waals surface area contributed by atoms with E-state index in [0.717, 1.165) is 12.1 Å². The van der Waals surface area contributed by atoms with Crippen LogP contribution in [0.2, 0.25) is 0 Å². The normalized spacial score (nSPS) is 20.9. The lowest BCUT2D eigenvalue weighted by Crippen LogP contribution is -2.47. The minimum absolute atomic E-state index is 0.0488. The van der Waals surface area contributed by atoms with Crippen LogP contribution in [0.15, 0.2) is 23.1 Å². The third kappa shape index (κ3) is 5.44. The minimum Gasteiger partial charge on any atom is -0.355 e. The predicted molar refractivity (Wildman–Crippen MR) is 132 cm³/mol. The number of benzene rings is 1. The number of sulfonamides is 1. The van der Waals surface area contributed by atoms with Crippen LogP contribution in [0, 0.1) is 5.92 Å². The Kier molecular flexibility index (Phi) is 7.89. The highest BCUT2D eigenvalue weighted by molar-refractivity contribution is 7.89. The summed E-state index contributed by atoms with van der Waals surface area (Å²) in [6.07, 6.45) is 7.75. The van der Waals surface area contributed by atoms with Gasteiger partial charge in [-0.05, 0) is 64.8 Å². The highest BCUT2D eigenvalue weighted by Crippen LogP contribution is 2.26. The number of likely N-dealkylation sites (N-methyl/N-ethyl adjacent to an activating group) is 1. The van der Waals surface area contributed by atoms with Gasteiger partial charge in [0.05, 0.1) is 16.3 Å². The maximum atomic E-state index is 13.4. The van der Waals surface area contributed by atoms with Crippen LogP contribution in [0.4, 0.5) is 0 Å². The van der Waals surface area contributed by atoms with E-state index in [1.54, 1.807) is 22.9 Å². The highest BCUT2D eigenvalue weighted by atomic mass is 32.2. The maximum Gasteiger partial charge on any atom is 0.243 e. The van der Waals surface area contributed by atoms with E-state index in [4.69, 9.17) is 0 Å². The van der Waals surface area contributed by atoms with Crippen molar-refractivity contribution in [2.75, 3.05) is 33.2 Å². The fourth-order valence-electron chi connectivity index (χ4n) is 5.19. The molecule has 2 aromatic rings. The second-order valence-corrected chi connectivity index (χ2v) is 12.0. The first-order chi connectivity index (χ1) is 16.3. The second kappa shape index (κ2) is 10.7. The first kappa shape index (κ1) is 25.1. The minimum atomic E-state index is -3.71. The van der Waals surface area contributed by atoms with E-state index >= 15 is 0 Å². The molecule has 1 saturated heterocycles. The number of carbonyl (C=O) groups is 1. The van der Waals surface area contributed by atoms with Gasteiger partial charge in [-0.25, -0.2) is 13.1 Å². The predicted octanol–water partition coefficient (Wildman–Crippen LogP) is 2.79. The molecular weight excluding hydrogens is 452 g/mol. The zero-order chi connectivity index (χ0) is 24.3. The van der Waals surface area contributed by atoms with Gasteiger partial charge in [0.2, 0.25) is 15.9 Å². The smallest absolute Gasteiger partial charge is 0.243 e. The van der Waals surface area contributed by atoms with Crippen LogP contribution in [-0.2, 0) is 14.8 Å². The van der Waals surface area contributed by atoms with E-state index in [9.17, 15) is 13.2 Å². The lowest BCUT2D eigenvalue weighted by Gasteiger charge is -2.32. The SMILES string of the molecule is CC(C)n1nnc2cc(S(=O)(=O)N3CCC[C@H](C(=O)NCCN(C)C4CCCCC4)C3)ccc21. The second-order valence-electron chi connectivity index (χ2n) is 10.0. The number of carbonyl (C=O) groups excluding carboxylic acids is 1. The van der Waals surface area contributed by atoms with Crippen molar-refractivity contribution >= 4 is 27.0 Å². The summed E-state index contributed by atoms with van der Waals surface area (Å²) in [7, 11) is -1.58. The Hall–Kier alpha value is -2.04. The van der Waals surface area contributed by atoms with Crippen molar-refractivity contribution in [3.05, 3.63) is 18.2 Å². The number of fused-ring (bicyclic) bond motifs is 1. The molecule has 188 valence electrons. The van der Waals surface area contributed by atoms with Crippen molar-refractivity contribution < 1.29 is 13.2 Å². The number of nitrogens with one attached hydrogen (secondary N) is 1. The molecule has 1 aromatic heterocycles.